The largest absolute Gasteiger partial charge is 0.480 e. The molecule has 0 atom stereocenters. The number of rotatable bonds is 6. The lowest BCUT2D eigenvalue weighted by Gasteiger charge is -2.23. The fourth-order valence-electron chi connectivity index (χ4n) is 2.97. The highest BCUT2D eigenvalue weighted by molar-refractivity contribution is 7.92. The van der Waals surface area contributed by atoms with Gasteiger partial charge in [-0.2, -0.15) is 0 Å². The maximum Gasteiger partial charge on any atom is 0.324 e. The molecule has 4 aromatic rings. The zero-order chi connectivity index (χ0) is 22.2. The van der Waals surface area contributed by atoms with Gasteiger partial charge in [-0.3, -0.25) is 13.7 Å². The van der Waals surface area contributed by atoms with Gasteiger partial charge in [-0.05, 0) is 42.5 Å². The van der Waals surface area contributed by atoms with Crippen LogP contribution in [0.1, 0.15) is 0 Å². The Morgan fingerprint density at radius 2 is 1.71 bits per heavy atom. The van der Waals surface area contributed by atoms with Gasteiger partial charge in [0.05, 0.1) is 21.6 Å². The molecule has 4 rings (SSSR count). The van der Waals surface area contributed by atoms with Crippen molar-refractivity contribution in [2.24, 2.45) is 0 Å². The number of aliphatic carboxylic acids is 1. The van der Waals surface area contributed by atoms with E-state index in [2.05, 4.69) is 15.0 Å². The number of imidazole rings is 1. The summed E-state index contributed by atoms with van der Waals surface area (Å²) in [6.45, 7) is -0.812. The van der Waals surface area contributed by atoms with Crippen molar-refractivity contribution in [1.82, 2.24) is 19.5 Å². The van der Waals surface area contributed by atoms with Gasteiger partial charge in [-0.25, -0.2) is 23.4 Å². The molecule has 0 saturated heterocycles. The molecule has 31 heavy (non-hydrogen) atoms. The lowest BCUT2D eigenvalue weighted by molar-refractivity contribution is -0.135. The minimum atomic E-state index is -4.30. The molecule has 0 bridgehead atoms. The molecule has 0 unspecified atom stereocenters. The second-order valence-electron chi connectivity index (χ2n) is 6.35. The van der Waals surface area contributed by atoms with Gasteiger partial charge in [-0.15, -0.1) is 0 Å². The van der Waals surface area contributed by atoms with Gasteiger partial charge >= 0.3 is 5.97 Å². The molecule has 0 amide bonds. The summed E-state index contributed by atoms with van der Waals surface area (Å²) < 4.78 is 28.9. The van der Waals surface area contributed by atoms with Crippen molar-refractivity contribution in [3.05, 3.63) is 71.2 Å². The number of carboxylic acids is 1. The van der Waals surface area contributed by atoms with Gasteiger partial charge in [0.2, 0.25) is 5.95 Å². The van der Waals surface area contributed by atoms with Crippen LogP contribution < -0.4 is 4.31 Å². The first-order valence-electron chi connectivity index (χ1n) is 8.71. The fourth-order valence-corrected chi connectivity index (χ4v) is 5.10. The van der Waals surface area contributed by atoms with E-state index in [0.29, 0.717) is 17.0 Å². The summed E-state index contributed by atoms with van der Waals surface area (Å²) in [5.74, 6) is -1.01. The van der Waals surface area contributed by atoms with Crippen LogP contribution in [0.5, 0.6) is 0 Å². The lowest BCUT2D eigenvalue weighted by Crippen LogP contribution is -2.35. The van der Waals surface area contributed by atoms with E-state index in [9.17, 15) is 18.3 Å². The number of fused-ring (bicyclic) bond motifs is 1. The van der Waals surface area contributed by atoms with E-state index in [1.807, 2.05) is 0 Å². The number of halogens is 2. The maximum atomic E-state index is 13.3. The summed E-state index contributed by atoms with van der Waals surface area (Å²) in [5.41, 5.74) is 1.16. The first kappa shape index (κ1) is 21.0. The summed E-state index contributed by atoms with van der Waals surface area (Å²) >= 11 is 11.9. The SMILES string of the molecule is O=C(O)CN(c1ccc2ncn(-c3ncccn3)c2c1)S(=O)(=O)c1cc(Cl)cc(Cl)c1. The van der Waals surface area contributed by atoms with Crippen LogP contribution in [0.3, 0.4) is 0 Å². The van der Waals surface area contributed by atoms with Crippen LogP contribution in [0.25, 0.3) is 17.0 Å². The van der Waals surface area contributed by atoms with Gasteiger partial charge in [0.1, 0.15) is 12.9 Å². The highest BCUT2D eigenvalue weighted by atomic mass is 35.5. The Bertz CT molecular complexity index is 1370. The molecular weight excluding hydrogens is 465 g/mol. The zero-order valence-electron chi connectivity index (χ0n) is 15.6. The van der Waals surface area contributed by atoms with Gasteiger partial charge < -0.3 is 5.11 Å². The summed E-state index contributed by atoms with van der Waals surface area (Å²) in [6.07, 6.45) is 4.61. The average Bonchev–Trinajstić information content (AvgIpc) is 3.15. The maximum absolute atomic E-state index is 13.3. The monoisotopic (exact) mass is 477 g/mol. The number of anilines is 1. The molecule has 0 aliphatic heterocycles. The van der Waals surface area contributed by atoms with Crippen molar-refractivity contribution in [2.45, 2.75) is 4.90 Å². The molecule has 2 heterocycles. The number of carbonyl (C=O) groups is 1. The van der Waals surface area contributed by atoms with E-state index in [0.717, 1.165) is 4.31 Å². The Labute approximate surface area is 186 Å². The van der Waals surface area contributed by atoms with Crippen LogP contribution in [0, 0.1) is 0 Å². The van der Waals surface area contributed by atoms with E-state index < -0.39 is 22.5 Å². The molecular formula is C19H13Cl2N5O4S. The van der Waals surface area contributed by atoms with E-state index in [-0.39, 0.29) is 20.6 Å². The van der Waals surface area contributed by atoms with Crippen LogP contribution >= 0.6 is 23.2 Å². The summed E-state index contributed by atoms with van der Waals surface area (Å²) in [5, 5.41) is 9.59. The smallest absolute Gasteiger partial charge is 0.324 e. The molecule has 0 fully saturated rings. The second kappa shape index (κ2) is 8.14. The number of benzene rings is 2. The van der Waals surface area contributed by atoms with Gasteiger partial charge in [-0.1, -0.05) is 23.2 Å². The Hall–Kier alpha value is -3.21. The van der Waals surface area contributed by atoms with Crippen molar-refractivity contribution in [3.63, 3.8) is 0 Å². The summed E-state index contributed by atoms with van der Waals surface area (Å²) in [6, 6.07) is 10.0. The highest BCUT2D eigenvalue weighted by Crippen LogP contribution is 2.30. The minimum Gasteiger partial charge on any atom is -0.480 e. The molecule has 0 radical (unpaired) electrons. The minimum absolute atomic E-state index is 0.108. The molecule has 2 aromatic carbocycles. The Balaban J connectivity index is 1.87. The molecule has 2 aromatic heterocycles. The van der Waals surface area contributed by atoms with E-state index >= 15 is 0 Å². The van der Waals surface area contributed by atoms with Crippen molar-refractivity contribution >= 4 is 55.9 Å². The number of hydrogen-bond donors (Lipinski definition) is 1. The molecule has 0 spiro atoms. The first-order chi connectivity index (χ1) is 14.8. The molecule has 0 saturated carbocycles. The van der Waals surface area contributed by atoms with E-state index in [1.54, 1.807) is 29.1 Å². The van der Waals surface area contributed by atoms with Crippen molar-refractivity contribution in [2.75, 3.05) is 10.8 Å². The average molecular weight is 478 g/mol. The van der Waals surface area contributed by atoms with Crippen LogP contribution in [0.4, 0.5) is 5.69 Å². The van der Waals surface area contributed by atoms with E-state index in [1.165, 1.54) is 36.7 Å². The molecule has 158 valence electrons. The Morgan fingerprint density at radius 3 is 2.35 bits per heavy atom. The predicted molar refractivity (Wildman–Crippen MR) is 115 cm³/mol. The zero-order valence-corrected chi connectivity index (χ0v) is 17.9. The molecule has 0 aliphatic rings. The number of aromatic nitrogens is 4. The third kappa shape index (κ3) is 4.18. The first-order valence-corrected chi connectivity index (χ1v) is 10.9. The Morgan fingerprint density at radius 1 is 1.03 bits per heavy atom. The fraction of sp³-hybridized carbons (Fsp3) is 0.0526. The van der Waals surface area contributed by atoms with E-state index in [4.69, 9.17) is 23.2 Å². The van der Waals surface area contributed by atoms with Crippen LogP contribution in [-0.4, -0.2) is 45.6 Å². The third-order valence-corrected chi connectivity index (χ3v) is 6.48. The van der Waals surface area contributed by atoms with Crippen LogP contribution in [0.15, 0.2) is 66.1 Å². The summed E-state index contributed by atoms with van der Waals surface area (Å²) in [7, 11) is -4.30. The van der Waals surface area contributed by atoms with Gasteiger partial charge in [0.15, 0.2) is 0 Å². The van der Waals surface area contributed by atoms with Crippen molar-refractivity contribution < 1.29 is 18.3 Å². The van der Waals surface area contributed by atoms with Crippen molar-refractivity contribution in [1.29, 1.82) is 0 Å². The number of nitrogens with zero attached hydrogens (tertiary/aromatic N) is 5. The predicted octanol–water partition coefficient (Wildman–Crippen LogP) is 3.40. The van der Waals surface area contributed by atoms with Gasteiger partial charge in [0.25, 0.3) is 10.0 Å². The molecule has 0 aliphatic carbocycles. The standard InChI is InChI=1S/C19H13Cl2N5O4S/c20-12-6-13(21)8-15(7-12)31(29,30)26(10-18(27)28)14-2-3-16-17(9-14)25(11-24-16)19-22-4-1-5-23-19/h1-9,11H,10H2,(H,27,28). The molecule has 9 nitrogen and oxygen atoms in total. The molecule has 12 heteroatoms. The molecule has 1 N–H and O–H groups in total. The topological polar surface area (TPSA) is 118 Å². The van der Waals surface area contributed by atoms with Crippen molar-refractivity contribution in [3.8, 4) is 5.95 Å². The Kier molecular flexibility index (Phi) is 5.52. The highest BCUT2D eigenvalue weighted by Gasteiger charge is 2.28. The second-order valence-corrected chi connectivity index (χ2v) is 9.08. The number of sulfonamides is 1. The summed E-state index contributed by atoms with van der Waals surface area (Å²) in [4.78, 5) is 23.9. The van der Waals surface area contributed by atoms with Crippen LogP contribution in [0.2, 0.25) is 10.0 Å². The quantitative estimate of drug-likeness (QED) is 0.451. The van der Waals surface area contributed by atoms with Gasteiger partial charge in [0, 0.05) is 22.4 Å². The van der Waals surface area contributed by atoms with Crippen LogP contribution in [-0.2, 0) is 14.8 Å². The number of carboxylic acid groups (broad SMARTS) is 1. The lowest BCUT2D eigenvalue weighted by atomic mass is 10.2. The third-order valence-electron chi connectivity index (χ3n) is 4.29. The number of hydrogen-bond acceptors (Lipinski definition) is 6. The normalized spacial score (nSPS) is 11.5.